The van der Waals surface area contributed by atoms with Crippen LogP contribution in [0.2, 0.25) is 0 Å². The average Bonchev–Trinajstić information content (AvgIpc) is 3.16. The van der Waals surface area contributed by atoms with E-state index >= 15 is 0 Å². The Morgan fingerprint density at radius 1 is 0.333 bits per heavy atom. The fourth-order valence-electron chi connectivity index (χ4n) is 7.44. The summed E-state index contributed by atoms with van der Waals surface area (Å²) in [5, 5.41) is 59.2. The second-order valence-electron chi connectivity index (χ2n) is 12.7. The lowest BCUT2D eigenvalue weighted by Crippen LogP contribution is -2.64. The first-order chi connectivity index (χ1) is 23.3. The zero-order chi connectivity index (χ0) is 32.9. The molecule has 2 unspecified atom stereocenters. The molecule has 0 fully saturated rings. The van der Waals surface area contributed by atoms with Gasteiger partial charge in [0.1, 0.15) is 5.60 Å². The second kappa shape index (κ2) is 11.4. The Morgan fingerprint density at radius 2 is 0.625 bits per heavy atom. The first-order valence-electron chi connectivity index (χ1n) is 16.1. The highest BCUT2D eigenvalue weighted by atomic mass is 16.4. The lowest BCUT2D eigenvalue weighted by molar-refractivity contribution is -0.262. The van der Waals surface area contributed by atoms with E-state index in [0.717, 1.165) is 43.1 Å². The van der Waals surface area contributed by atoms with Crippen LogP contribution in [0.5, 0.6) is 0 Å². The Morgan fingerprint density at radius 3 is 1.00 bits per heavy atom. The Labute approximate surface area is 278 Å². The molecular weight excluding hydrogens is 592 g/mol. The van der Waals surface area contributed by atoms with Crippen LogP contribution in [-0.4, -0.2) is 27.0 Å². The van der Waals surface area contributed by atoms with Crippen LogP contribution < -0.4 is 0 Å². The van der Waals surface area contributed by atoms with Gasteiger partial charge < -0.3 is 20.4 Å². The molecule has 4 nitrogen and oxygen atoms in total. The number of aliphatic hydroxyl groups excluding tert-OH is 1. The zero-order valence-corrected chi connectivity index (χ0v) is 26.2. The maximum Gasteiger partial charge on any atom is 0.162 e. The Balaban J connectivity index is 1.51. The molecule has 0 amide bonds. The van der Waals surface area contributed by atoms with Gasteiger partial charge in [-0.3, -0.25) is 0 Å². The molecule has 8 rings (SSSR count). The lowest BCUT2D eigenvalue weighted by Gasteiger charge is -2.53. The minimum absolute atomic E-state index is 0.245. The molecule has 4 N–H and O–H groups in total. The van der Waals surface area contributed by atoms with Crippen molar-refractivity contribution >= 4 is 43.1 Å². The second-order valence-corrected chi connectivity index (χ2v) is 12.7. The predicted octanol–water partition coefficient (Wildman–Crippen LogP) is 8.30. The maximum absolute atomic E-state index is 13.8. The van der Waals surface area contributed by atoms with Gasteiger partial charge in [-0.15, -0.1) is 0 Å². The molecule has 0 aromatic heterocycles. The van der Waals surface area contributed by atoms with Crippen LogP contribution in [0.15, 0.2) is 170 Å². The standard InChI is InChI=1S/C44H34O4/c45-29-42(46,38-21-17-30-9-1-5-13-34(30)25-38)44(48,41-24-20-33-12-4-8-16-37(33)28-41)43(47,39-22-18-31-10-2-6-14-35(31)26-39)40-23-19-32-11-3-7-15-36(32)27-40/h1-28,45-48H,29H2. The van der Waals surface area contributed by atoms with Gasteiger partial charge in [-0.1, -0.05) is 146 Å². The van der Waals surface area contributed by atoms with Gasteiger partial charge in [0.15, 0.2) is 11.2 Å². The third-order valence-corrected chi connectivity index (χ3v) is 10.1. The van der Waals surface area contributed by atoms with Crippen LogP contribution in [0.1, 0.15) is 22.3 Å². The summed E-state index contributed by atoms with van der Waals surface area (Å²) in [5.74, 6) is 0. The Hall–Kier alpha value is -5.36. The molecule has 4 heteroatoms. The predicted molar refractivity (Wildman–Crippen MR) is 194 cm³/mol. The molecule has 2 atom stereocenters. The molecule has 48 heavy (non-hydrogen) atoms. The van der Waals surface area contributed by atoms with Crippen LogP contribution in [0.25, 0.3) is 43.1 Å². The van der Waals surface area contributed by atoms with Crippen molar-refractivity contribution in [2.24, 2.45) is 0 Å². The van der Waals surface area contributed by atoms with Gasteiger partial charge in [-0.25, -0.2) is 0 Å². The fraction of sp³-hybridized carbons (Fsp3) is 0.0909. The molecule has 0 saturated heterocycles. The van der Waals surface area contributed by atoms with E-state index in [1.165, 1.54) is 0 Å². The number of hydrogen-bond donors (Lipinski definition) is 4. The third-order valence-electron chi connectivity index (χ3n) is 10.1. The number of rotatable bonds is 7. The summed E-state index contributed by atoms with van der Waals surface area (Å²) in [6.07, 6.45) is 0. The molecular formula is C44H34O4. The van der Waals surface area contributed by atoms with Gasteiger partial charge in [0, 0.05) is 0 Å². The molecule has 0 aliphatic rings. The lowest BCUT2D eigenvalue weighted by atomic mass is 9.59. The van der Waals surface area contributed by atoms with Crippen LogP contribution in [0.4, 0.5) is 0 Å². The summed E-state index contributed by atoms with van der Waals surface area (Å²) >= 11 is 0. The summed E-state index contributed by atoms with van der Waals surface area (Å²) in [7, 11) is 0. The van der Waals surface area contributed by atoms with Crippen molar-refractivity contribution in [3.05, 3.63) is 192 Å². The topological polar surface area (TPSA) is 80.9 Å². The van der Waals surface area contributed by atoms with Crippen molar-refractivity contribution < 1.29 is 20.4 Å². The van der Waals surface area contributed by atoms with Gasteiger partial charge in [0.25, 0.3) is 0 Å². The van der Waals surface area contributed by atoms with Gasteiger partial charge in [0.05, 0.1) is 6.61 Å². The van der Waals surface area contributed by atoms with E-state index in [-0.39, 0.29) is 11.1 Å². The molecule has 8 aromatic rings. The van der Waals surface area contributed by atoms with E-state index in [1.807, 2.05) is 133 Å². The van der Waals surface area contributed by atoms with E-state index in [1.54, 1.807) is 36.4 Å². The van der Waals surface area contributed by atoms with Gasteiger partial charge in [0.2, 0.25) is 0 Å². The monoisotopic (exact) mass is 626 g/mol. The zero-order valence-electron chi connectivity index (χ0n) is 26.2. The van der Waals surface area contributed by atoms with E-state index in [2.05, 4.69) is 0 Å². The van der Waals surface area contributed by atoms with Crippen molar-refractivity contribution in [3.63, 3.8) is 0 Å². The minimum atomic E-state index is -2.55. The van der Waals surface area contributed by atoms with Crippen LogP contribution in [0.3, 0.4) is 0 Å². The van der Waals surface area contributed by atoms with Crippen molar-refractivity contribution in [1.82, 2.24) is 0 Å². The van der Waals surface area contributed by atoms with Crippen molar-refractivity contribution in [3.8, 4) is 0 Å². The molecule has 0 aliphatic carbocycles. The molecule has 0 bridgehead atoms. The molecule has 0 radical (unpaired) electrons. The first-order valence-corrected chi connectivity index (χ1v) is 16.1. The van der Waals surface area contributed by atoms with Crippen molar-refractivity contribution in [2.45, 2.75) is 16.8 Å². The van der Waals surface area contributed by atoms with E-state index < -0.39 is 23.4 Å². The molecule has 0 aliphatic heterocycles. The summed E-state index contributed by atoms with van der Waals surface area (Å²) < 4.78 is 0. The highest BCUT2D eigenvalue weighted by Crippen LogP contribution is 2.56. The molecule has 0 heterocycles. The van der Waals surface area contributed by atoms with Crippen molar-refractivity contribution in [2.75, 3.05) is 6.61 Å². The SMILES string of the molecule is OCC(O)(c1ccc2ccccc2c1)C(O)(c1ccc2ccccc2c1)C(O)(c1ccc2ccccc2c1)c1ccc2ccccc2c1. The number of benzene rings is 8. The van der Waals surface area contributed by atoms with E-state index in [0.29, 0.717) is 11.1 Å². The van der Waals surface area contributed by atoms with E-state index in [9.17, 15) is 20.4 Å². The summed E-state index contributed by atoms with van der Waals surface area (Å²) in [6.45, 7) is -0.891. The largest absolute Gasteiger partial charge is 0.393 e. The smallest absolute Gasteiger partial charge is 0.162 e. The highest BCUT2D eigenvalue weighted by Gasteiger charge is 2.65. The Kier molecular flexibility index (Phi) is 7.13. The van der Waals surface area contributed by atoms with E-state index in [4.69, 9.17) is 0 Å². The summed E-state index contributed by atoms with van der Waals surface area (Å²) in [6, 6.07) is 53.0. The average molecular weight is 627 g/mol. The van der Waals surface area contributed by atoms with Gasteiger partial charge >= 0.3 is 0 Å². The number of aliphatic hydroxyl groups is 4. The first kappa shape index (κ1) is 30.0. The van der Waals surface area contributed by atoms with Gasteiger partial charge in [-0.2, -0.15) is 0 Å². The summed E-state index contributed by atoms with van der Waals surface area (Å²) in [4.78, 5) is 0. The third kappa shape index (κ3) is 4.46. The molecule has 0 saturated carbocycles. The molecule has 8 aromatic carbocycles. The number of fused-ring (bicyclic) bond motifs is 4. The van der Waals surface area contributed by atoms with Crippen LogP contribution >= 0.6 is 0 Å². The Bertz CT molecular complexity index is 2390. The normalized spacial score (nSPS) is 14.7. The molecule has 0 spiro atoms. The van der Waals surface area contributed by atoms with Crippen LogP contribution in [-0.2, 0) is 16.8 Å². The minimum Gasteiger partial charge on any atom is -0.393 e. The highest BCUT2D eigenvalue weighted by molar-refractivity contribution is 5.87. The fourth-order valence-corrected chi connectivity index (χ4v) is 7.44. The van der Waals surface area contributed by atoms with Crippen molar-refractivity contribution in [1.29, 1.82) is 0 Å². The number of hydrogen-bond acceptors (Lipinski definition) is 4. The maximum atomic E-state index is 13.8. The van der Waals surface area contributed by atoms with Gasteiger partial charge in [-0.05, 0) is 89.6 Å². The quantitative estimate of drug-likeness (QED) is 0.144. The summed E-state index contributed by atoms with van der Waals surface area (Å²) in [5.41, 5.74) is -6.03. The van der Waals surface area contributed by atoms with Crippen LogP contribution in [0, 0.1) is 0 Å². The molecule has 234 valence electrons.